The first-order chi connectivity index (χ1) is 9.73. The number of nitrogens with zero attached hydrogens (tertiary/aromatic N) is 1. The number of aromatic nitrogens is 1. The first-order valence-electron chi connectivity index (χ1n) is 6.43. The highest BCUT2D eigenvalue weighted by molar-refractivity contribution is 6.06. The van der Waals surface area contributed by atoms with E-state index in [2.05, 4.69) is 5.16 Å². The van der Waals surface area contributed by atoms with Crippen LogP contribution in [0.4, 0.5) is 0 Å². The molecule has 0 spiro atoms. The molecule has 2 atom stereocenters. The fraction of sp³-hybridized carbons (Fsp3) is 0.500. The minimum Gasteiger partial charge on any atom is -0.481 e. The molecule has 2 unspecified atom stereocenters. The van der Waals surface area contributed by atoms with Crippen LogP contribution in [-0.2, 0) is 19.2 Å². The van der Waals surface area contributed by atoms with Gasteiger partial charge in [-0.15, -0.1) is 0 Å². The van der Waals surface area contributed by atoms with Gasteiger partial charge in [0.25, 0.3) is 0 Å². The number of Topliss-reactive ketones (excluding diaryl/α,β-unsaturated/α-hetero) is 3. The molecule has 1 heterocycles. The van der Waals surface area contributed by atoms with E-state index in [0.29, 0.717) is 5.69 Å². The lowest BCUT2D eigenvalue weighted by Gasteiger charge is -2.11. The van der Waals surface area contributed by atoms with Crippen LogP contribution in [-0.4, -0.2) is 33.6 Å². The van der Waals surface area contributed by atoms with Gasteiger partial charge in [-0.2, -0.15) is 0 Å². The number of hydrogen-bond acceptors (Lipinski definition) is 6. The molecule has 0 aliphatic heterocycles. The zero-order valence-corrected chi connectivity index (χ0v) is 12.1. The van der Waals surface area contributed by atoms with Gasteiger partial charge in [0.15, 0.2) is 11.5 Å². The summed E-state index contributed by atoms with van der Waals surface area (Å²) in [6.07, 6.45) is -0.332. The third-order valence-corrected chi connectivity index (χ3v) is 3.13. The standard InChI is InChI=1S/C14H17NO6/c1-7-6-12(21-15-7)13(9(3)17)11(18)5-4-10(8(2)16)14(19)20/h6,10,13H,4-5H2,1-3H3,(H,19,20). The summed E-state index contributed by atoms with van der Waals surface area (Å²) in [5.74, 6) is -4.89. The van der Waals surface area contributed by atoms with Crippen molar-refractivity contribution in [1.29, 1.82) is 0 Å². The van der Waals surface area contributed by atoms with Gasteiger partial charge in [0.05, 0.1) is 5.69 Å². The van der Waals surface area contributed by atoms with Gasteiger partial charge in [0.1, 0.15) is 23.4 Å². The summed E-state index contributed by atoms with van der Waals surface area (Å²) in [5, 5.41) is 12.5. The maximum atomic E-state index is 12.1. The summed E-state index contributed by atoms with van der Waals surface area (Å²) in [6, 6.07) is 1.49. The monoisotopic (exact) mass is 295 g/mol. The number of aryl methyl sites for hydroxylation is 1. The van der Waals surface area contributed by atoms with Crippen LogP contribution in [0, 0.1) is 12.8 Å². The van der Waals surface area contributed by atoms with Gasteiger partial charge in [-0.25, -0.2) is 0 Å². The Morgan fingerprint density at radius 3 is 2.24 bits per heavy atom. The van der Waals surface area contributed by atoms with E-state index in [0.717, 1.165) is 6.92 Å². The summed E-state index contributed by atoms with van der Waals surface area (Å²) in [7, 11) is 0. The van der Waals surface area contributed by atoms with Gasteiger partial charge in [-0.1, -0.05) is 5.16 Å². The number of carbonyl (C=O) groups excluding carboxylic acids is 3. The minimum absolute atomic E-state index is 0.138. The van der Waals surface area contributed by atoms with Crippen LogP contribution in [0.2, 0.25) is 0 Å². The summed E-state index contributed by atoms with van der Waals surface area (Å²) in [4.78, 5) is 45.8. The number of hydrogen-bond donors (Lipinski definition) is 1. The van der Waals surface area contributed by atoms with Crippen molar-refractivity contribution in [3.8, 4) is 0 Å². The van der Waals surface area contributed by atoms with Gasteiger partial charge >= 0.3 is 5.97 Å². The highest BCUT2D eigenvalue weighted by Crippen LogP contribution is 2.22. The van der Waals surface area contributed by atoms with Crippen LogP contribution < -0.4 is 0 Å². The Morgan fingerprint density at radius 1 is 1.24 bits per heavy atom. The second-order valence-electron chi connectivity index (χ2n) is 4.92. The van der Waals surface area contributed by atoms with Crippen molar-refractivity contribution < 1.29 is 28.8 Å². The molecule has 114 valence electrons. The van der Waals surface area contributed by atoms with Crippen LogP contribution in [0.15, 0.2) is 10.6 Å². The molecule has 1 rings (SSSR count). The van der Waals surface area contributed by atoms with E-state index in [4.69, 9.17) is 9.63 Å². The topological polar surface area (TPSA) is 115 Å². The van der Waals surface area contributed by atoms with Crippen molar-refractivity contribution in [3.05, 3.63) is 17.5 Å². The van der Waals surface area contributed by atoms with Crippen molar-refractivity contribution >= 4 is 23.3 Å². The number of carboxylic acid groups (broad SMARTS) is 1. The molecule has 1 N–H and O–H groups in total. The van der Waals surface area contributed by atoms with Crippen molar-refractivity contribution in [2.75, 3.05) is 0 Å². The fourth-order valence-corrected chi connectivity index (χ4v) is 2.04. The Morgan fingerprint density at radius 2 is 1.86 bits per heavy atom. The maximum absolute atomic E-state index is 12.1. The van der Waals surface area contributed by atoms with Crippen molar-refractivity contribution in [2.24, 2.45) is 5.92 Å². The van der Waals surface area contributed by atoms with Gasteiger partial charge in [-0.05, 0) is 27.2 Å². The Bertz CT molecular complexity index is 560. The van der Waals surface area contributed by atoms with Crippen LogP contribution in [0.1, 0.15) is 44.1 Å². The average Bonchev–Trinajstić information content (AvgIpc) is 2.74. The maximum Gasteiger partial charge on any atom is 0.314 e. The largest absolute Gasteiger partial charge is 0.481 e. The molecular weight excluding hydrogens is 278 g/mol. The molecule has 0 amide bonds. The Balaban J connectivity index is 2.82. The van der Waals surface area contributed by atoms with E-state index in [9.17, 15) is 19.2 Å². The molecule has 0 aliphatic carbocycles. The lowest BCUT2D eigenvalue weighted by molar-refractivity contribution is -0.146. The molecule has 0 fully saturated rings. The molecule has 1 aromatic heterocycles. The van der Waals surface area contributed by atoms with Gasteiger partial charge in [-0.3, -0.25) is 19.2 Å². The molecule has 1 aromatic rings. The SMILES string of the molecule is CC(=O)C(CCC(=O)C(C(C)=O)c1cc(C)no1)C(=O)O. The lowest BCUT2D eigenvalue weighted by atomic mass is 9.90. The van der Waals surface area contributed by atoms with E-state index in [1.54, 1.807) is 6.92 Å². The van der Waals surface area contributed by atoms with Crippen LogP contribution >= 0.6 is 0 Å². The highest BCUT2D eigenvalue weighted by atomic mass is 16.5. The molecule has 21 heavy (non-hydrogen) atoms. The molecule has 0 radical (unpaired) electrons. The van der Waals surface area contributed by atoms with Crippen LogP contribution in [0.25, 0.3) is 0 Å². The Kier molecular flexibility index (Phi) is 5.52. The van der Waals surface area contributed by atoms with Gasteiger partial charge in [0.2, 0.25) is 0 Å². The quantitative estimate of drug-likeness (QED) is 0.718. The molecule has 0 saturated carbocycles. The first kappa shape index (κ1) is 16.7. The molecule has 0 aliphatic rings. The summed E-state index contributed by atoms with van der Waals surface area (Å²) < 4.78 is 4.94. The summed E-state index contributed by atoms with van der Waals surface area (Å²) in [6.45, 7) is 4.07. The zero-order chi connectivity index (χ0) is 16.2. The van der Waals surface area contributed by atoms with E-state index in [1.165, 1.54) is 13.0 Å². The van der Waals surface area contributed by atoms with Gasteiger partial charge in [0, 0.05) is 12.5 Å². The number of carbonyl (C=O) groups is 4. The predicted molar refractivity (Wildman–Crippen MR) is 70.7 cm³/mol. The highest BCUT2D eigenvalue weighted by Gasteiger charge is 2.31. The molecule has 7 heteroatoms. The smallest absolute Gasteiger partial charge is 0.314 e. The van der Waals surface area contributed by atoms with Crippen LogP contribution in [0.5, 0.6) is 0 Å². The van der Waals surface area contributed by atoms with E-state index in [-0.39, 0.29) is 18.6 Å². The lowest BCUT2D eigenvalue weighted by Crippen LogP contribution is -2.25. The third-order valence-electron chi connectivity index (χ3n) is 3.13. The third kappa shape index (κ3) is 4.34. The second kappa shape index (κ2) is 6.92. The first-order valence-corrected chi connectivity index (χ1v) is 6.43. The van der Waals surface area contributed by atoms with E-state index in [1.807, 2.05) is 0 Å². The van der Waals surface area contributed by atoms with E-state index < -0.39 is 35.2 Å². The second-order valence-corrected chi connectivity index (χ2v) is 4.92. The normalized spacial score (nSPS) is 13.5. The molecule has 0 saturated heterocycles. The fourth-order valence-electron chi connectivity index (χ4n) is 2.04. The van der Waals surface area contributed by atoms with Crippen molar-refractivity contribution in [1.82, 2.24) is 5.16 Å². The number of rotatable bonds is 8. The molecule has 7 nitrogen and oxygen atoms in total. The molecule has 0 bridgehead atoms. The molecule has 0 aromatic carbocycles. The zero-order valence-electron chi connectivity index (χ0n) is 12.1. The number of aliphatic carboxylic acids is 1. The predicted octanol–water partition coefficient (Wildman–Crippen LogP) is 1.29. The van der Waals surface area contributed by atoms with Crippen molar-refractivity contribution in [2.45, 2.75) is 39.5 Å². The number of ketones is 3. The summed E-state index contributed by atoms with van der Waals surface area (Å²) in [5.41, 5.74) is 0.538. The van der Waals surface area contributed by atoms with Crippen LogP contribution in [0.3, 0.4) is 0 Å². The van der Waals surface area contributed by atoms with Gasteiger partial charge < -0.3 is 9.63 Å². The average molecular weight is 295 g/mol. The molecular formula is C14H17NO6. The Hall–Kier alpha value is -2.31. The Labute approximate surface area is 121 Å². The minimum atomic E-state index is -1.27. The number of carboxylic acids is 1. The van der Waals surface area contributed by atoms with E-state index >= 15 is 0 Å². The summed E-state index contributed by atoms with van der Waals surface area (Å²) >= 11 is 0. The van der Waals surface area contributed by atoms with Crippen molar-refractivity contribution in [3.63, 3.8) is 0 Å².